The van der Waals surface area contributed by atoms with Crippen LogP contribution in [-0.4, -0.2) is 26.5 Å². The standard InChI is InChI=1S/C22H26N4O/c1-3-4-5-8-17(2)25-22(27)21-15-24-16-26(21)20-11-6-9-18(13-20)19-10-7-12-23-14-19/h6-7,9-17H,3-5,8H2,1-2H3,(H,25,27)/t17-/m1/s1. The molecule has 5 nitrogen and oxygen atoms in total. The third-order valence-electron chi connectivity index (χ3n) is 4.61. The topological polar surface area (TPSA) is 59.8 Å². The van der Waals surface area contributed by atoms with Crippen molar-refractivity contribution in [2.45, 2.75) is 45.6 Å². The molecule has 1 aromatic carbocycles. The molecule has 3 rings (SSSR count). The number of aromatic nitrogens is 3. The summed E-state index contributed by atoms with van der Waals surface area (Å²) in [5, 5.41) is 3.09. The Morgan fingerprint density at radius 3 is 2.74 bits per heavy atom. The van der Waals surface area contributed by atoms with Crippen molar-refractivity contribution in [1.82, 2.24) is 19.9 Å². The van der Waals surface area contributed by atoms with Gasteiger partial charge in [-0.15, -0.1) is 0 Å². The molecule has 1 atom stereocenters. The van der Waals surface area contributed by atoms with E-state index in [2.05, 4.69) is 29.1 Å². The molecule has 5 heteroatoms. The molecule has 0 unspecified atom stereocenters. The second-order valence-corrected chi connectivity index (χ2v) is 6.81. The maximum absolute atomic E-state index is 12.7. The third-order valence-corrected chi connectivity index (χ3v) is 4.61. The number of unbranched alkanes of at least 4 members (excludes halogenated alkanes) is 2. The van der Waals surface area contributed by atoms with Crippen molar-refractivity contribution in [2.75, 3.05) is 0 Å². The Morgan fingerprint density at radius 2 is 1.96 bits per heavy atom. The molecular formula is C22H26N4O. The van der Waals surface area contributed by atoms with Gasteiger partial charge in [0, 0.05) is 29.7 Å². The highest BCUT2D eigenvalue weighted by atomic mass is 16.2. The summed E-state index contributed by atoms with van der Waals surface area (Å²) in [6.45, 7) is 4.23. The van der Waals surface area contributed by atoms with Crippen molar-refractivity contribution < 1.29 is 4.79 Å². The second-order valence-electron chi connectivity index (χ2n) is 6.81. The van der Waals surface area contributed by atoms with Gasteiger partial charge in [0.1, 0.15) is 5.69 Å². The van der Waals surface area contributed by atoms with Crippen molar-refractivity contribution in [3.05, 3.63) is 67.0 Å². The summed E-state index contributed by atoms with van der Waals surface area (Å²) < 4.78 is 1.83. The predicted octanol–water partition coefficient (Wildman–Crippen LogP) is 4.63. The zero-order valence-electron chi connectivity index (χ0n) is 15.9. The number of rotatable bonds is 8. The number of imidazole rings is 1. The number of hydrogen-bond acceptors (Lipinski definition) is 3. The van der Waals surface area contributed by atoms with Crippen LogP contribution in [0.5, 0.6) is 0 Å². The van der Waals surface area contributed by atoms with Crippen LogP contribution in [0.15, 0.2) is 61.3 Å². The first-order valence-corrected chi connectivity index (χ1v) is 9.53. The Hall–Kier alpha value is -2.95. The molecule has 0 aliphatic heterocycles. The lowest BCUT2D eigenvalue weighted by atomic mass is 10.1. The zero-order chi connectivity index (χ0) is 19.1. The monoisotopic (exact) mass is 362 g/mol. The highest BCUT2D eigenvalue weighted by Gasteiger charge is 2.15. The van der Waals surface area contributed by atoms with E-state index < -0.39 is 0 Å². The van der Waals surface area contributed by atoms with Crippen molar-refractivity contribution in [1.29, 1.82) is 0 Å². The van der Waals surface area contributed by atoms with Crippen molar-refractivity contribution in [3.63, 3.8) is 0 Å². The van der Waals surface area contributed by atoms with Gasteiger partial charge in [0.2, 0.25) is 0 Å². The van der Waals surface area contributed by atoms with Gasteiger partial charge in [-0.25, -0.2) is 4.98 Å². The summed E-state index contributed by atoms with van der Waals surface area (Å²) >= 11 is 0. The van der Waals surface area contributed by atoms with Crippen molar-refractivity contribution in [2.24, 2.45) is 0 Å². The number of nitrogens with zero attached hydrogens (tertiary/aromatic N) is 3. The van der Waals surface area contributed by atoms with Crippen molar-refractivity contribution in [3.8, 4) is 16.8 Å². The summed E-state index contributed by atoms with van der Waals surface area (Å²) in [5.41, 5.74) is 3.53. The summed E-state index contributed by atoms with van der Waals surface area (Å²) in [6, 6.07) is 12.1. The van der Waals surface area contributed by atoms with Gasteiger partial charge in [-0.2, -0.15) is 0 Å². The molecule has 2 aromatic heterocycles. The third kappa shape index (κ3) is 4.82. The van der Waals surface area contributed by atoms with E-state index in [9.17, 15) is 4.79 Å². The molecule has 0 aliphatic rings. The van der Waals surface area contributed by atoms with Crippen LogP contribution in [0.2, 0.25) is 0 Å². The number of carbonyl (C=O) groups excluding carboxylic acids is 1. The van der Waals surface area contributed by atoms with Crippen LogP contribution in [0, 0.1) is 0 Å². The Labute approximate surface area is 160 Å². The minimum Gasteiger partial charge on any atom is -0.348 e. The highest BCUT2D eigenvalue weighted by Crippen LogP contribution is 2.22. The largest absolute Gasteiger partial charge is 0.348 e. The van der Waals surface area contributed by atoms with E-state index in [0.717, 1.165) is 29.7 Å². The number of amides is 1. The first-order chi connectivity index (χ1) is 13.2. The molecule has 27 heavy (non-hydrogen) atoms. The van der Waals surface area contributed by atoms with Crippen LogP contribution in [0.4, 0.5) is 0 Å². The minimum atomic E-state index is -0.0942. The number of pyridine rings is 1. The molecule has 1 amide bonds. The smallest absolute Gasteiger partial charge is 0.270 e. The molecule has 0 fully saturated rings. The maximum Gasteiger partial charge on any atom is 0.270 e. The van der Waals surface area contributed by atoms with Crippen LogP contribution < -0.4 is 5.32 Å². The molecule has 3 aromatic rings. The first-order valence-electron chi connectivity index (χ1n) is 9.53. The fraction of sp³-hybridized carbons (Fsp3) is 0.318. The van der Waals surface area contributed by atoms with Gasteiger partial charge in [-0.05, 0) is 37.1 Å². The Morgan fingerprint density at radius 1 is 1.11 bits per heavy atom. The summed E-state index contributed by atoms with van der Waals surface area (Å²) in [7, 11) is 0. The van der Waals surface area contributed by atoms with Crippen LogP contribution in [0.25, 0.3) is 16.8 Å². The number of benzene rings is 1. The fourth-order valence-corrected chi connectivity index (χ4v) is 3.11. The first kappa shape index (κ1) is 18.8. The summed E-state index contributed by atoms with van der Waals surface area (Å²) in [4.78, 5) is 21.1. The van der Waals surface area contributed by atoms with E-state index >= 15 is 0 Å². The molecule has 0 bridgehead atoms. The molecule has 0 saturated heterocycles. The lowest BCUT2D eigenvalue weighted by Crippen LogP contribution is -2.33. The van der Waals surface area contributed by atoms with Crippen molar-refractivity contribution >= 4 is 5.91 Å². The lowest BCUT2D eigenvalue weighted by molar-refractivity contribution is 0.0931. The van der Waals surface area contributed by atoms with Gasteiger partial charge in [0.05, 0.1) is 12.5 Å². The Bertz CT molecular complexity index is 873. The van der Waals surface area contributed by atoms with E-state index in [0.29, 0.717) is 5.69 Å². The van der Waals surface area contributed by atoms with E-state index in [1.165, 1.54) is 12.8 Å². The van der Waals surface area contributed by atoms with Gasteiger partial charge < -0.3 is 5.32 Å². The fourth-order valence-electron chi connectivity index (χ4n) is 3.11. The average Bonchev–Trinajstić information content (AvgIpc) is 3.19. The molecule has 2 heterocycles. The number of nitrogens with one attached hydrogen (secondary N) is 1. The SMILES string of the molecule is CCCCC[C@@H](C)NC(=O)c1cncn1-c1cccc(-c2cccnc2)c1. The lowest BCUT2D eigenvalue weighted by Gasteiger charge is -2.15. The summed E-state index contributed by atoms with van der Waals surface area (Å²) in [6.07, 6.45) is 11.4. The van der Waals surface area contributed by atoms with Crippen LogP contribution in [0.1, 0.15) is 50.0 Å². The summed E-state index contributed by atoms with van der Waals surface area (Å²) in [5.74, 6) is -0.0942. The molecule has 0 radical (unpaired) electrons. The molecule has 140 valence electrons. The van der Waals surface area contributed by atoms with Gasteiger partial charge in [-0.1, -0.05) is 44.4 Å². The number of carbonyl (C=O) groups is 1. The Balaban J connectivity index is 1.78. The van der Waals surface area contributed by atoms with Gasteiger partial charge in [0.15, 0.2) is 0 Å². The average molecular weight is 362 g/mol. The molecule has 0 saturated carbocycles. The van der Waals surface area contributed by atoms with E-state index in [4.69, 9.17) is 0 Å². The maximum atomic E-state index is 12.7. The van der Waals surface area contributed by atoms with Gasteiger partial charge in [0.25, 0.3) is 5.91 Å². The second kappa shape index (κ2) is 9.12. The highest BCUT2D eigenvalue weighted by molar-refractivity contribution is 5.93. The van der Waals surface area contributed by atoms with Gasteiger partial charge in [-0.3, -0.25) is 14.3 Å². The zero-order valence-corrected chi connectivity index (χ0v) is 15.9. The van der Waals surface area contributed by atoms with Gasteiger partial charge >= 0.3 is 0 Å². The van der Waals surface area contributed by atoms with E-state index in [-0.39, 0.29) is 11.9 Å². The molecule has 0 aliphatic carbocycles. The Kier molecular flexibility index (Phi) is 6.36. The molecular weight excluding hydrogens is 336 g/mol. The number of hydrogen-bond donors (Lipinski definition) is 1. The minimum absolute atomic E-state index is 0.0942. The predicted molar refractivity (Wildman–Crippen MR) is 108 cm³/mol. The van der Waals surface area contributed by atoms with E-state index in [1.807, 2.05) is 47.2 Å². The van der Waals surface area contributed by atoms with E-state index in [1.54, 1.807) is 18.7 Å². The van der Waals surface area contributed by atoms with Crippen LogP contribution in [0.3, 0.4) is 0 Å². The molecule has 1 N–H and O–H groups in total. The van der Waals surface area contributed by atoms with Crippen LogP contribution >= 0.6 is 0 Å². The quantitative estimate of drug-likeness (QED) is 0.594. The normalized spacial score (nSPS) is 11.9. The molecule has 0 spiro atoms. The van der Waals surface area contributed by atoms with Crippen LogP contribution in [-0.2, 0) is 0 Å².